The first kappa shape index (κ1) is 33.7. The van der Waals surface area contributed by atoms with Crippen LogP contribution in [0.2, 0.25) is 0 Å². The van der Waals surface area contributed by atoms with E-state index >= 15 is 0 Å². The zero-order valence-corrected chi connectivity index (χ0v) is 28.3. The number of amides is 2. The van der Waals surface area contributed by atoms with E-state index in [1.165, 1.54) is 22.8 Å². The standard InChI is InChI=1S/C31H28N2O12S3/c1-30(2)19(32-21(36)17(34)23(32)47-30)27(40)44-29(45-28(41)20-31(3,4)48-24-18(35)22(37)33(20)24)43-26(39)16(15-10-11-46-13-15)25(38)42-12-14-8-6-5-7-9-14/h5-11,13,16,19-20,23-24,29H,12H2,1-4H3/t16?,19-,20-,23+,24+/m0/s1. The molecule has 0 N–H and O–H groups in total. The van der Waals surface area contributed by atoms with E-state index in [1.54, 1.807) is 63.4 Å². The van der Waals surface area contributed by atoms with E-state index in [4.69, 9.17) is 18.9 Å². The number of hydrogen-bond acceptors (Lipinski definition) is 15. The molecule has 17 heteroatoms. The maximum Gasteiger partial charge on any atom is 0.412 e. The normalized spacial score (nSPS) is 25.4. The van der Waals surface area contributed by atoms with E-state index in [1.807, 2.05) is 0 Å². The molecule has 0 bridgehead atoms. The molecule has 2 amide bonds. The van der Waals surface area contributed by atoms with Gasteiger partial charge in [-0.2, -0.15) is 11.3 Å². The second kappa shape index (κ2) is 12.3. The Morgan fingerprint density at radius 2 is 1.27 bits per heavy atom. The fraction of sp³-hybridized carbons (Fsp3) is 0.419. The van der Waals surface area contributed by atoms with Gasteiger partial charge in [0.25, 0.3) is 23.4 Å². The van der Waals surface area contributed by atoms with Crippen LogP contribution in [0.4, 0.5) is 0 Å². The summed E-state index contributed by atoms with van der Waals surface area (Å²) in [4.78, 5) is 105. The van der Waals surface area contributed by atoms with E-state index in [0.717, 1.165) is 33.3 Å². The lowest BCUT2D eigenvalue weighted by atomic mass is 9.98. The average Bonchev–Trinajstić information content (AvgIpc) is 3.72. The molecular weight excluding hydrogens is 689 g/mol. The molecule has 4 aliphatic heterocycles. The molecular formula is C31H28N2O12S3. The van der Waals surface area contributed by atoms with Crippen LogP contribution in [0.5, 0.6) is 0 Å². The lowest BCUT2D eigenvalue weighted by molar-refractivity contribution is -0.263. The number of rotatable bonds is 10. The van der Waals surface area contributed by atoms with E-state index in [2.05, 4.69) is 0 Å². The van der Waals surface area contributed by atoms with Crippen molar-refractivity contribution in [2.45, 2.75) is 79.0 Å². The number of nitrogens with zero attached hydrogens (tertiary/aromatic N) is 2. The van der Waals surface area contributed by atoms with E-state index in [0.29, 0.717) is 5.56 Å². The van der Waals surface area contributed by atoms with E-state index in [-0.39, 0.29) is 12.2 Å². The minimum absolute atomic E-state index is 0.169. The monoisotopic (exact) mass is 716 g/mol. The molecule has 1 aromatic heterocycles. The van der Waals surface area contributed by atoms with Gasteiger partial charge < -0.3 is 28.7 Å². The third kappa shape index (κ3) is 5.77. The summed E-state index contributed by atoms with van der Waals surface area (Å²) in [7, 11) is 0. The molecule has 2 aromatic rings. The minimum atomic E-state index is -2.40. The number of Topliss-reactive ketones (excluding diaryl/α,β-unsaturated/α-hetero) is 2. The van der Waals surface area contributed by atoms with Crippen LogP contribution in [-0.4, -0.2) is 95.9 Å². The average molecular weight is 717 g/mol. The molecule has 0 spiro atoms. The van der Waals surface area contributed by atoms with Gasteiger partial charge in [-0.25, -0.2) is 9.59 Å². The number of thioether (sulfide) groups is 2. The maximum atomic E-state index is 13.7. The van der Waals surface area contributed by atoms with Crippen LogP contribution in [0.25, 0.3) is 0 Å². The van der Waals surface area contributed by atoms with Crippen molar-refractivity contribution >= 4 is 82.1 Å². The Morgan fingerprint density at radius 3 is 1.75 bits per heavy atom. The Labute approximate surface area is 285 Å². The third-order valence-corrected chi connectivity index (χ3v) is 11.9. The van der Waals surface area contributed by atoms with Crippen LogP contribution in [-0.2, 0) is 63.9 Å². The molecule has 48 heavy (non-hydrogen) atoms. The van der Waals surface area contributed by atoms with Gasteiger partial charge >= 0.3 is 30.4 Å². The molecule has 0 aliphatic carbocycles. The third-order valence-electron chi connectivity index (χ3n) is 8.20. The quantitative estimate of drug-likeness (QED) is 0.114. The Kier molecular flexibility index (Phi) is 8.66. The van der Waals surface area contributed by atoms with Crippen molar-refractivity contribution < 1.29 is 57.3 Å². The molecule has 1 aromatic carbocycles. The van der Waals surface area contributed by atoms with Crippen LogP contribution < -0.4 is 0 Å². The van der Waals surface area contributed by atoms with Crippen LogP contribution in [0.15, 0.2) is 47.2 Å². The Bertz CT molecular complexity index is 1650. The molecule has 5 atom stereocenters. The first-order chi connectivity index (χ1) is 22.6. The molecule has 5 heterocycles. The van der Waals surface area contributed by atoms with Gasteiger partial charge in [-0.3, -0.25) is 28.8 Å². The summed E-state index contributed by atoms with van der Waals surface area (Å²) in [6.45, 7) is 3.85. The molecule has 252 valence electrons. The fourth-order valence-corrected chi connectivity index (χ4v) is 9.46. The molecule has 0 radical (unpaired) electrons. The predicted octanol–water partition coefficient (Wildman–Crippen LogP) is 1.75. The van der Waals surface area contributed by atoms with Crippen molar-refractivity contribution in [2.24, 2.45) is 0 Å². The number of thiophene rings is 1. The molecule has 4 aliphatic rings. The number of carbonyl (C=O) groups is 8. The molecule has 14 nitrogen and oxygen atoms in total. The number of ketones is 2. The highest BCUT2D eigenvalue weighted by atomic mass is 32.2. The topological polar surface area (TPSA) is 180 Å². The van der Waals surface area contributed by atoms with Gasteiger partial charge in [-0.1, -0.05) is 30.3 Å². The van der Waals surface area contributed by atoms with Crippen molar-refractivity contribution in [3.8, 4) is 0 Å². The predicted molar refractivity (Wildman–Crippen MR) is 168 cm³/mol. The molecule has 4 saturated heterocycles. The maximum absolute atomic E-state index is 13.7. The highest BCUT2D eigenvalue weighted by Crippen LogP contribution is 2.51. The number of carbonyl (C=O) groups excluding carboxylic acids is 8. The fourth-order valence-electron chi connectivity index (χ4n) is 5.87. The first-order valence-electron chi connectivity index (χ1n) is 14.5. The summed E-state index contributed by atoms with van der Waals surface area (Å²) in [5, 5.41) is 1.29. The number of fused-ring (bicyclic) bond motifs is 2. The van der Waals surface area contributed by atoms with Crippen molar-refractivity contribution in [2.75, 3.05) is 0 Å². The van der Waals surface area contributed by atoms with Crippen LogP contribution in [0, 0.1) is 0 Å². The zero-order chi connectivity index (χ0) is 34.7. The van der Waals surface area contributed by atoms with Gasteiger partial charge in [0.05, 0.1) is 0 Å². The molecule has 6 rings (SSSR count). The van der Waals surface area contributed by atoms with Crippen LogP contribution >= 0.6 is 34.9 Å². The zero-order valence-electron chi connectivity index (χ0n) is 25.8. The van der Waals surface area contributed by atoms with Crippen molar-refractivity contribution in [3.05, 3.63) is 58.3 Å². The summed E-state index contributed by atoms with van der Waals surface area (Å²) in [6.07, 6.45) is 0. The van der Waals surface area contributed by atoms with Gasteiger partial charge in [0.2, 0.25) is 0 Å². The van der Waals surface area contributed by atoms with Crippen molar-refractivity contribution in [1.82, 2.24) is 9.80 Å². The summed E-state index contributed by atoms with van der Waals surface area (Å²) in [5.41, 5.74) is 0.842. The van der Waals surface area contributed by atoms with Crippen molar-refractivity contribution in [3.63, 3.8) is 0 Å². The van der Waals surface area contributed by atoms with E-state index < -0.39 is 92.0 Å². The number of ether oxygens (including phenoxy) is 4. The van der Waals surface area contributed by atoms with Gasteiger partial charge in [0.1, 0.15) is 29.4 Å². The lowest BCUT2D eigenvalue weighted by Gasteiger charge is -2.37. The largest absolute Gasteiger partial charge is 0.460 e. The number of esters is 4. The summed E-state index contributed by atoms with van der Waals surface area (Å²) < 4.78 is 19.5. The van der Waals surface area contributed by atoms with Gasteiger partial charge in [-0.15, -0.1) is 23.5 Å². The highest BCUT2D eigenvalue weighted by molar-refractivity contribution is 8.02. The number of benzene rings is 1. The molecule has 0 saturated carbocycles. The first-order valence-corrected chi connectivity index (χ1v) is 17.3. The molecule has 1 unspecified atom stereocenters. The Balaban J connectivity index is 1.25. The van der Waals surface area contributed by atoms with Crippen LogP contribution in [0.1, 0.15) is 44.7 Å². The number of β-lactam (4-membered cyclic amide) rings is 2. The van der Waals surface area contributed by atoms with E-state index in [9.17, 15) is 38.4 Å². The highest BCUT2D eigenvalue weighted by Gasteiger charge is 2.66. The van der Waals surface area contributed by atoms with Gasteiger partial charge in [0.15, 0.2) is 5.92 Å². The second-order valence-electron chi connectivity index (χ2n) is 12.3. The van der Waals surface area contributed by atoms with Gasteiger partial charge in [-0.05, 0) is 55.6 Å². The summed E-state index contributed by atoms with van der Waals surface area (Å²) in [6, 6.07) is 7.52. The Morgan fingerprint density at radius 1 is 0.750 bits per heavy atom. The summed E-state index contributed by atoms with van der Waals surface area (Å²) >= 11 is 3.31. The number of hydrogen-bond donors (Lipinski definition) is 0. The smallest absolute Gasteiger partial charge is 0.412 e. The minimum Gasteiger partial charge on any atom is -0.460 e. The lowest BCUT2D eigenvalue weighted by Crippen LogP contribution is -2.64. The van der Waals surface area contributed by atoms with Crippen molar-refractivity contribution in [1.29, 1.82) is 0 Å². The molecule has 4 fully saturated rings. The van der Waals surface area contributed by atoms with Crippen LogP contribution in [0.3, 0.4) is 0 Å². The summed E-state index contributed by atoms with van der Waals surface area (Å²) in [5.74, 6) is -9.47. The van der Waals surface area contributed by atoms with Gasteiger partial charge in [0, 0.05) is 9.49 Å². The Hall–Kier alpha value is -4.22. The second-order valence-corrected chi connectivity index (χ2v) is 16.5. The SMILES string of the molecule is CC1(C)S[C@@H]2C(=O)C(=O)N2[C@H]1C(=O)OC(OC(=O)C(C(=O)OCc1ccccc1)c1ccsc1)OC(=O)[C@@H]1N2C(=O)C(=O)[C@H]2SC1(C)C.